The molecule has 2 unspecified atom stereocenters. The number of nitrogens with one attached hydrogen (secondary N) is 1. The Morgan fingerprint density at radius 1 is 1.48 bits per heavy atom. The summed E-state index contributed by atoms with van der Waals surface area (Å²) in [7, 11) is 0. The highest BCUT2D eigenvalue weighted by Gasteiger charge is 2.31. The van der Waals surface area contributed by atoms with Gasteiger partial charge in [0.05, 0.1) is 17.7 Å². The molecule has 11 heteroatoms. The first-order valence-electron chi connectivity index (χ1n) is 6.35. The molecule has 0 aromatic carbocycles. The molecular formula is C12H11ClF4N2O4. The maximum Gasteiger partial charge on any atom is 0.406 e. The molecule has 0 radical (unpaired) electrons. The van der Waals surface area contributed by atoms with Gasteiger partial charge in [-0.3, -0.25) is 9.59 Å². The lowest BCUT2D eigenvalue weighted by atomic mass is 10.1. The van der Waals surface area contributed by atoms with E-state index in [9.17, 15) is 27.2 Å². The van der Waals surface area contributed by atoms with E-state index in [1.807, 2.05) is 0 Å². The Labute approximate surface area is 131 Å². The molecule has 23 heavy (non-hydrogen) atoms. The van der Waals surface area contributed by atoms with Gasteiger partial charge in [-0.25, -0.2) is 14.2 Å². The summed E-state index contributed by atoms with van der Waals surface area (Å²) >= 11 is 5.79. The number of halogens is 5. The van der Waals surface area contributed by atoms with Crippen molar-refractivity contribution in [2.75, 3.05) is 11.9 Å². The van der Waals surface area contributed by atoms with Crippen LogP contribution in [0, 0.1) is 5.82 Å². The van der Waals surface area contributed by atoms with E-state index in [-0.39, 0.29) is 23.3 Å². The summed E-state index contributed by atoms with van der Waals surface area (Å²) < 4.78 is 50.6. The molecular weight excluding hydrogens is 348 g/mol. The average Bonchev–Trinajstić information content (AvgIpc) is 2.42. The van der Waals surface area contributed by atoms with Gasteiger partial charge in [-0.05, 0) is 0 Å². The summed E-state index contributed by atoms with van der Waals surface area (Å²) in [5.41, 5.74) is -1.77. The molecule has 2 heterocycles. The van der Waals surface area contributed by atoms with Gasteiger partial charge in [-0.1, -0.05) is 0 Å². The zero-order valence-electron chi connectivity index (χ0n) is 11.4. The van der Waals surface area contributed by atoms with Crippen LogP contribution in [0.15, 0.2) is 17.1 Å². The second-order valence-electron chi connectivity index (χ2n) is 4.82. The Balaban J connectivity index is 2.16. The van der Waals surface area contributed by atoms with Crippen molar-refractivity contribution in [3.8, 4) is 0 Å². The molecule has 1 aliphatic rings. The number of amides is 1. The number of aromatic nitrogens is 1. The SMILES string of the molecule is O=C(Nc1cc(F)c(=O)n(CC(F)(F)F)c1)C1CC(Cl)COO1. The van der Waals surface area contributed by atoms with Crippen LogP contribution in [-0.2, 0) is 21.1 Å². The summed E-state index contributed by atoms with van der Waals surface area (Å²) in [4.78, 5) is 32.6. The van der Waals surface area contributed by atoms with Crippen molar-refractivity contribution in [2.45, 2.75) is 30.6 Å². The molecule has 0 saturated carbocycles. The zero-order chi connectivity index (χ0) is 17.2. The summed E-state index contributed by atoms with van der Waals surface area (Å²) in [6, 6.07) is 0.620. The van der Waals surface area contributed by atoms with Crippen LogP contribution in [0.2, 0.25) is 0 Å². The van der Waals surface area contributed by atoms with E-state index in [0.29, 0.717) is 12.3 Å². The standard InChI is InChI=1S/C12H11ClF4N2O4/c13-6-1-9(23-22-4-6)10(20)18-7-2-8(14)11(21)19(3-7)5-12(15,16)17/h2-3,6,9H,1,4-5H2,(H,18,20). The minimum absolute atomic E-state index is 0.0798. The first kappa shape index (κ1) is 17.7. The van der Waals surface area contributed by atoms with Crippen molar-refractivity contribution in [1.82, 2.24) is 4.57 Å². The fourth-order valence-corrected chi connectivity index (χ4v) is 2.10. The van der Waals surface area contributed by atoms with Gasteiger partial charge >= 0.3 is 6.18 Å². The van der Waals surface area contributed by atoms with Crippen molar-refractivity contribution < 1.29 is 32.1 Å². The molecule has 0 bridgehead atoms. The number of carbonyl (C=O) groups excluding carboxylic acids is 1. The van der Waals surface area contributed by atoms with Gasteiger partial charge in [0, 0.05) is 18.7 Å². The highest BCUT2D eigenvalue weighted by atomic mass is 35.5. The van der Waals surface area contributed by atoms with Gasteiger partial charge in [0.1, 0.15) is 6.54 Å². The third-order valence-corrected chi connectivity index (χ3v) is 3.16. The smallest absolute Gasteiger partial charge is 0.322 e. The van der Waals surface area contributed by atoms with Crippen molar-refractivity contribution in [3.05, 3.63) is 28.4 Å². The number of carbonyl (C=O) groups is 1. The molecule has 2 rings (SSSR count). The van der Waals surface area contributed by atoms with Crippen molar-refractivity contribution in [3.63, 3.8) is 0 Å². The molecule has 1 saturated heterocycles. The number of hydrogen-bond donors (Lipinski definition) is 1. The molecule has 0 aliphatic carbocycles. The van der Waals surface area contributed by atoms with Crippen LogP contribution in [0.25, 0.3) is 0 Å². The van der Waals surface area contributed by atoms with E-state index < -0.39 is 41.5 Å². The van der Waals surface area contributed by atoms with Gasteiger partial charge in [-0.15, -0.1) is 11.6 Å². The Kier molecular flexibility index (Phi) is 5.27. The van der Waals surface area contributed by atoms with E-state index in [1.54, 1.807) is 0 Å². The van der Waals surface area contributed by atoms with E-state index >= 15 is 0 Å². The molecule has 1 aliphatic heterocycles. The first-order valence-corrected chi connectivity index (χ1v) is 6.79. The van der Waals surface area contributed by atoms with E-state index in [1.165, 1.54) is 0 Å². The average molecular weight is 359 g/mol. The van der Waals surface area contributed by atoms with Gasteiger partial charge in [0.25, 0.3) is 11.5 Å². The van der Waals surface area contributed by atoms with Gasteiger partial charge in [0.15, 0.2) is 11.9 Å². The Morgan fingerprint density at radius 2 is 2.17 bits per heavy atom. The van der Waals surface area contributed by atoms with Crippen LogP contribution in [-0.4, -0.2) is 34.7 Å². The largest absolute Gasteiger partial charge is 0.406 e. The van der Waals surface area contributed by atoms with Crippen LogP contribution >= 0.6 is 11.6 Å². The number of alkyl halides is 4. The minimum atomic E-state index is -4.72. The van der Waals surface area contributed by atoms with Crippen molar-refractivity contribution in [2.24, 2.45) is 0 Å². The molecule has 1 fully saturated rings. The molecule has 2 atom stereocenters. The van der Waals surface area contributed by atoms with E-state index in [0.717, 1.165) is 0 Å². The zero-order valence-corrected chi connectivity index (χ0v) is 12.2. The molecule has 1 aromatic heterocycles. The van der Waals surface area contributed by atoms with Crippen LogP contribution in [0.5, 0.6) is 0 Å². The summed E-state index contributed by atoms with van der Waals surface area (Å²) in [6.07, 6.45) is -5.01. The quantitative estimate of drug-likeness (QED) is 0.508. The lowest BCUT2D eigenvalue weighted by molar-refractivity contribution is -0.333. The number of hydrogen-bond acceptors (Lipinski definition) is 4. The second kappa shape index (κ2) is 6.85. The number of rotatable bonds is 3. The Bertz CT molecular complexity index is 649. The summed E-state index contributed by atoms with van der Waals surface area (Å²) in [6.45, 7) is -1.60. The fourth-order valence-electron chi connectivity index (χ4n) is 1.89. The highest BCUT2D eigenvalue weighted by molar-refractivity contribution is 6.21. The lowest BCUT2D eigenvalue weighted by Gasteiger charge is -2.23. The highest BCUT2D eigenvalue weighted by Crippen LogP contribution is 2.20. The van der Waals surface area contributed by atoms with Gasteiger partial charge in [0.2, 0.25) is 0 Å². The summed E-state index contributed by atoms with van der Waals surface area (Å²) in [5.74, 6) is -2.21. The van der Waals surface area contributed by atoms with Gasteiger partial charge < -0.3 is 9.88 Å². The van der Waals surface area contributed by atoms with Crippen LogP contribution in [0.1, 0.15) is 6.42 Å². The predicted octanol–water partition coefficient (Wildman–Crippen LogP) is 1.82. The molecule has 1 aromatic rings. The van der Waals surface area contributed by atoms with Crippen molar-refractivity contribution >= 4 is 23.2 Å². The fraction of sp³-hybridized carbons (Fsp3) is 0.500. The van der Waals surface area contributed by atoms with Crippen LogP contribution in [0.4, 0.5) is 23.2 Å². The molecule has 1 N–H and O–H groups in total. The normalized spacial score (nSPS) is 22.0. The monoisotopic (exact) mass is 358 g/mol. The number of nitrogens with zero attached hydrogens (tertiary/aromatic N) is 1. The number of pyridine rings is 1. The predicted molar refractivity (Wildman–Crippen MR) is 70.4 cm³/mol. The Hall–Kier alpha value is -1.65. The van der Waals surface area contributed by atoms with Crippen LogP contribution < -0.4 is 10.9 Å². The third-order valence-electron chi connectivity index (χ3n) is 2.85. The Morgan fingerprint density at radius 3 is 2.78 bits per heavy atom. The first-order chi connectivity index (χ1) is 10.7. The second-order valence-corrected chi connectivity index (χ2v) is 5.43. The maximum atomic E-state index is 13.4. The van der Waals surface area contributed by atoms with Crippen molar-refractivity contribution in [1.29, 1.82) is 0 Å². The molecule has 1 amide bonds. The molecule has 0 spiro atoms. The molecule has 128 valence electrons. The maximum absolute atomic E-state index is 13.4. The van der Waals surface area contributed by atoms with E-state index in [2.05, 4.69) is 10.2 Å². The van der Waals surface area contributed by atoms with Gasteiger partial charge in [-0.2, -0.15) is 13.2 Å². The number of anilines is 1. The minimum Gasteiger partial charge on any atom is -0.322 e. The van der Waals surface area contributed by atoms with Crippen LogP contribution in [0.3, 0.4) is 0 Å². The summed E-state index contributed by atoms with van der Waals surface area (Å²) in [5, 5.41) is 1.68. The third kappa shape index (κ3) is 4.91. The lowest BCUT2D eigenvalue weighted by Crippen LogP contribution is -2.38. The molecule has 6 nitrogen and oxygen atoms in total. The van der Waals surface area contributed by atoms with E-state index in [4.69, 9.17) is 16.5 Å². The topological polar surface area (TPSA) is 69.6 Å².